The van der Waals surface area contributed by atoms with Gasteiger partial charge in [-0.15, -0.1) is 24.0 Å². The van der Waals surface area contributed by atoms with Crippen LogP contribution in [0.15, 0.2) is 4.99 Å². The van der Waals surface area contributed by atoms with Crippen molar-refractivity contribution in [2.24, 2.45) is 10.9 Å². The SMILES string of the molecule is CCNC(=NCCN1CCN(C(=O)C2CCC2)CC1)N1CCSC(CC)C1.I. The number of hydrogen-bond donors (Lipinski definition) is 1. The van der Waals surface area contributed by atoms with E-state index in [1.165, 1.54) is 18.6 Å². The highest BCUT2D eigenvalue weighted by Gasteiger charge is 2.31. The molecule has 0 spiro atoms. The van der Waals surface area contributed by atoms with E-state index in [1.807, 2.05) is 0 Å². The fourth-order valence-corrected chi connectivity index (χ4v) is 5.17. The van der Waals surface area contributed by atoms with Crippen molar-refractivity contribution >= 4 is 47.6 Å². The summed E-state index contributed by atoms with van der Waals surface area (Å²) in [4.78, 5) is 24.2. The van der Waals surface area contributed by atoms with E-state index in [0.29, 0.717) is 11.8 Å². The molecule has 3 rings (SSSR count). The monoisotopic (exact) mass is 523 g/mol. The second kappa shape index (κ2) is 12.5. The summed E-state index contributed by atoms with van der Waals surface area (Å²) >= 11 is 2.09. The minimum absolute atomic E-state index is 0. The summed E-state index contributed by atoms with van der Waals surface area (Å²) in [7, 11) is 0. The van der Waals surface area contributed by atoms with E-state index in [2.05, 4.69) is 45.6 Å². The van der Waals surface area contributed by atoms with E-state index in [0.717, 1.165) is 83.0 Å². The van der Waals surface area contributed by atoms with E-state index in [-0.39, 0.29) is 24.0 Å². The summed E-state index contributed by atoms with van der Waals surface area (Å²) in [6.07, 6.45) is 4.67. The molecule has 2 heterocycles. The van der Waals surface area contributed by atoms with Crippen molar-refractivity contribution < 1.29 is 4.79 Å². The molecule has 2 aliphatic heterocycles. The molecule has 0 aromatic rings. The summed E-state index contributed by atoms with van der Waals surface area (Å²) in [5.74, 6) is 3.01. The van der Waals surface area contributed by atoms with Gasteiger partial charge in [-0.05, 0) is 26.2 Å². The van der Waals surface area contributed by atoms with Crippen molar-refractivity contribution in [2.45, 2.75) is 44.8 Å². The molecule has 0 aromatic heterocycles. The lowest BCUT2D eigenvalue weighted by atomic mass is 9.84. The van der Waals surface area contributed by atoms with Crippen LogP contribution >= 0.6 is 35.7 Å². The van der Waals surface area contributed by atoms with E-state index >= 15 is 0 Å². The molecule has 162 valence electrons. The molecule has 0 radical (unpaired) electrons. The number of hydrogen-bond acceptors (Lipinski definition) is 4. The number of aliphatic imine (C=N–C) groups is 1. The largest absolute Gasteiger partial charge is 0.357 e. The summed E-state index contributed by atoms with van der Waals surface area (Å²) in [5.41, 5.74) is 0. The summed E-state index contributed by atoms with van der Waals surface area (Å²) in [6, 6.07) is 0. The first kappa shape index (κ1) is 24.1. The van der Waals surface area contributed by atoms with Crippen LogP contribution in [0.2, 0.25) is 0 Å². The number of rotatable bonds is 6. The molecule has 1 saturated carbocycles. The van der Waals surface area contributed by atoms with Crippen LogP contribution in [0, 0.1) is 5.92 Å². The summed E-state index contributed by atoms with van der Waals surface area (Å²) in [5, 5.41) is 4.20. The molecule has 3 fully saturated rings. The quantitative estimate of drug-likeness (QED) is 0.329. The van der Waals surface area contributed by atoms with Gasteiger partial charge < -0.3 is 15.1 Å². The first-order valence-electron chi connectivity index (χ1n) is 10.9. The van der Waals surface area contributed by atoms with Crippen LogP contribution in [0.25, 0.3) is 0 Å². The van der Waals surface area contributed by atoms with Gasteiger partial charge in [0, 0.05) is 69.3 Å². The maximum atomic E-state index is 12.4. The summed E-state index contributed by atoms with van der Waals surface area (Å²) in [6.45, 7) is 13.1. The van der Waals surface area contributed by atoms with Gasteiger partial charge in [-0.3, -0.25) is 14.7 Å². The molecule has 6 nitrogen and oxygen atoms in total. The maximum Gasteiger partial charge on any atom is 0.225 e. The van der Waals surface area contributed by atoms with Gasteiger partial charge in [-0.25, -0.2) is 0 Å². The molecule has 8 heteroatoms. The van der Waals surface area contributed by atoms with Crippen LogP contribution in [-0.4, -0.2) is 96.5 Å². The first-order valence-corrected chi connectivity index (χ1v) is 11.9. The lowest BCUT2D eigenvalue weighted by Crippen LogP contribution is -2.51. The van der Waals surface area contributed by atoms with Gasteiger partial charge in [0.2, 0.25) is 5.91 Å². The molecule has 1 aliphatic carbocycles. The minimum Gasteiger partial charge on any atom is -0.357 e. The predicted octanol–water partition coefficient (Wildman–Crippen LogP) is 2.34. The van der Waals surface area contributed by atoms with Gasteiger partial charge in [0.1, 0.15) is 0 Å². The standard InChI is InChI=1S/C20H37N5OS.HI/c1-3-18-16-25(14-15-27-18)20(21-4-2)22-8-9-23-10-12-24(13-11-23)19(26)17-6-5-7-17;/h17-18H,3-16H2,1-2H3,(H,21,22);1H. The van der Waals surface area contributed by atoms with E-state index in [9.17, 15) is 4.79 Å². The molecule has 3 aliphatic rings. The average molecular weight is 524 g/mol. The second-order valence-electron chi connectivity index (χ2n) is 7.88. The zero-order chi connectivity index (χ0) is 19.1. The predicted molar refractivity (Wildman–Crippen MR) is 130 cm³/mol. The highest BCUT2D eigenvalue weighted by atomic mass is 127. The third kappa shape index (κ3) is 6.65. The smallest absolute Gasteiger partial charge is 0.225 e. The molecule has 2 saturated heterocycles. The molecular weight excluding hydrogens is 485 g/mol. The molecule has 1 atom stereocenters. The van der Waals surface area contributed by atoms with Crippen molar-refractivity contribution in [1.29, 1.82) is 0 Å². The second-order valence-corrected chi connectivity index (χ2v) is 9.29. The van der Waals surface area contributed by atoms with Crippen LogP contribution in [0.4, 0.5) is 0 Å². The Labute approximate surface area is 192 Å². The van der Waals surface area contributed by atoms with Crippen molar-refractivity contribution in [3.8, 4) is 0 Å². The highest BCUT2D eigenvalue weighted by Crippen LogP contribution is 2.28. The normalized spacial score (nSPS) is 24.5. The Morgan fingerprint density at radius 2 is 1.86 bits per heavy atom. The van der Waals surface area contributed by atoms with E-state index in [1.54, 1.807) is 0 Å². The van der Waals surface area contributed by atoms with Gasteiger partial charge in [0.25, 0.3) is 0 Å². The lowest BCUT2D eigenvalue weighted by molar-refractivity contribution is -0.139. The number of carbonyl (C=O) groups excluding carboxylic acids is 1. The number of carbonyl (C=O) groups is 1. The Hall–Kier alpha value is -0.220. The Kier molecular flexibility index (Phi) is 10.7. The Morgan fingerprint density at radius 3 is 2.46 bits per heavy atom. The topological polar surface area (TPSA) is 51.2 Å². The van der Waals surface area contributed by atoms with Crippen LogP contribution < -0.4 is 5.32 Å². The number of guanidine groups is 1. The van der Waals surface area contributed by atoms with Gasteiger partial charge in [-0.1, -0.05) is 13.3 Å². The third-order valence-corrected chi connectivity index (χ3v) is 7.42. The molecular formula is C20H38IN5OS. The Morgan fingerprint density at radius 1 is 1.11 bits per heavy atom. The van der Waals surface area contributed by atoms with E-state index in [4.69, 9.17) is 4.99 Å². The molecule has 0 aromatic carbocycles. The number of halogens is 1. The Balaban J connectivity index is 0.00000280. The first-order chi connectivity index (χ1) is 13.2. The van der Waals surface area contributed by atoms with E-state index < -0.39 is 0 Å². The molecule has 1 unspecified atom stereocenters. The molecule has 1 N–H and O–H groups in total. The number of nitrogens with zero attached hydrogens (tertiary/aromatic N) is 4. The van der Waals surface area contributed by atoms with Crippen molar-refractivity contribution in [1.82, 2.24) is 20.0 Å². The molecule has 1 amide bonds. The number of piperazine rings is 1. The third-order valence-electron chi connectivity index (χ3n) is 6.04. The lowest BCUT2D eigenvalue weighted by Gasteiger charge is -2.38. The number of thioether (sulfide) groups is 1. The van der Waals surface area contributed by atoms with Crippen LogP contribution in [0.1, 0.15) is 39.5 Å². The fraction of sp³-hybridized carbons (Fsp3) is 0.900. The van der Waals surface area contributed by atoms with Gasteiger partial charge >= 0.3 is 0 Å². The van der Waals surface area contributed by atoms with Gasteiger partial charge in [-0.2, -0.15) is 11.8 Å². The number of nitrogens with one attached hydrogen (secondary N) is 1. The van der Waals surface area contributed by atoms with Crippen molar-refractivity contribution in [3.63, 3.8) is 0 Å². The fourth-order valence-electron chi connectivity index (χ4n) is 3.99. The van der Waals surface area contributed by atoms with Crippen molar-refractivity contribution in [3.05, 3.63) is 0 Å². The Bertz CT molecular complexity index is 509. The van der Waals surface area contributed by atoms with Crippen LogP contribution in [0.5, 0.6) is 0 Å². The molecule has 28 heavy (non-hydrogen) atoms. The molecule has 0 bridgehead atoms. The average Bonchev–Trinajstić information content (AvgIpc) is 2.66. The zero-order valence-corrected chi connectivity index (χ0v) is 20.7. The maximum absolute atomic E-state index is 12.4. The highest BCUT2D eigenvalue weighted by molar-refractivity contribution is 14.0. The minimum atomic E-state index is 0. The van der Waals surface area contributed by atoms with Gasteiger partial charge in [0.05, 0.1) is 6.54 Å². The van der Waals surface area contributed by atoms with Gasteiger partial charge in [0.15, 0.2) is 5.96 Å². The zero-order valence-electron chi connectivity index (χ0n) is 17.6. The van der Waals surface area contributed by atoms with Crippen molar-refractivity contribution in [2.75, 3.05) is 64.7 Å². The summed E-state index contributed by atoms with van der Waals surface area (Å²) < 4.78 is 0. The van der Waals surface area contributed by atoms with Crippen LogP contribution in [0.3, 0.4) is 0 Å². The number of amides is 1. The van der Waals surface area contributed by atoms with Crippen LogP contribution in [-0.2, 0) is 4.79 Å².